The molecule has 0 aliphatic carbocycles. The highest BCUT2D eigenvalue weighted by atomic mass is 32.2. The lowest BCUT2D eigenvalue weighted by Gasteiger charge is -2.39. The quantitative estimate of drug-likeness (QED) is 0.374. The Kier molecular flexibility index (Phi) is 5.21. The summed E-state index contributed by atoms with van der Waals surface area (Å²) in [6.45, 7) is 4.38. The third kappa shape index (κ3) is 3.22. The van der Waals surface area contributed by atoms with Gasteiger partial charge in [-0.15, -0.1) is 0 Å². The van der Waals surface area contributed by atoms with Crippen LogP contribution in [0.2, 0.25) is 0 Å². The summed E-state index contributed by atoms with van der Waals surface area (Å²) in [7, 11) is 0. The Morgan fingerprint density at radius 2 is 1.39 bits per heavy atom. The number of aryl methyl sites for hydroxylation is 2. The Morgan fingerprint density at radius 1 is 0.710 bits per heavy atom. The summed E-state index contributed by atoms with van der Waals surface area (Å²) < 4.78 is 0. The highest BCUT2D eigenvalue weighted by molar-refractivity contribution is 7.99. The Labute approximate surface area is 188 Å². The summed E-state index contributed by atoms with van der Waals surface area (Å²) in [5, 5.41) is 12.7. The maximum absolute atomic E-state index is 12.7. The first kappa shape index (κ1) is 20.1. The van der Waals surface area contributed by atoms with Gasteiger partial charge >= 0.3 is 0 Å². The minimum absolute atomic E-state index is 0.936. The summed E-state index contributed by atoms with van der Waals surface area (Å²) in [6, 6.07) is 31.5. The van der Waals surface area contributed by atoms with Crippen LogP contribution in [-0.2, 0) is 18.4 Å². The maximum atomic E-state index is 12.7. The van der Waals surface area contributed by atoms with Crippen LogP contribution in [0.15, 0.2) is 101 Å². The van der Waals surface area contributed by atoms with Crippen molar-refractivity contribution in [1.29, 1.82) is 0 Å². The standard InChI is InChI=1S/C29H26OS/c1-3-20-18-21(4-2)28-26(19-20)29(30,25-16-10-11-17-27(25)31-28)24-15-9-8-14-23(24)22-12-6-5-7-13-22/h5-19,30H,3-4H2,1-2H3. The van der Waals surface area contributed by atoms with E-state index >= 15 is 0 Å². The molecule has 31 heavy (non-hydrogen) atoms. The molecule has 4 aromatic rings. The van der Waals surface area contributed by atoms with E-state index in [2.05, 4.69) is 86.6 Å². The monoisotopic (exact) mass is 422 g/mol. The van der Waals surface area contributed by atoms with Crippen molar-refractivity contribution in [3.63, 3.8) is 0 Å². The Balaban J connectivity index is 1.87. The third-order valence-corrected chi connectivity index (χ3v) is 7.56. The topological polar surface area (TPSA) is 20.2 Å². The second-order valence-electron chi connectivity index (χ2n) is 8.06. The molecule has 0 bridgehead atoms. The second-order valence-corrected chi connectivity index (χ2v) is 9.11. The molecule has 1 N–H and O–H groups in total. The van der Waals surface area contributed by atoms with E-state index in [4.69, 9.17) is 0 Å². The molecule has 0 radical (unpaired) electrons. The first-order valence-corrected chi connectivity index (χ1v) is 11.8. The average molecular weight is 423 g/mol. The molecular weight excluding hydrogens is 396 g/mol. The van der Waals surface area contributed by atoms with E-state index in [-0.39, 0.29) is 0 Å². The smallest absolute Gasteiger partial charge is 0.143 e. The molecule has 0 saturated heterocycles. The molecule has 0 aromatic heterocycles. The van der Waals surface area contributed by atoms with E-state index in [0.29, 0.717) is 0 Å². The molecule has 1 atom stereocenters. The summed E-state index contributed by atoms with van der Waals surface area (Å²) in [6.07, 6.45) is 1.89. The minimum Gasteiger partial charge on any atom is -0.376 e. The van der Waals surface area contributed by atoms with Gasteiger partial charge in [0.05, 0.1) is 0 Å². The predicted molar refractivity (Wildman–Crippen MR) is 130 cm³/mol. The van der Waals surface area contributed by atoms with E-state index in [1.807, 2.05) is 18.2 Å². The van der Waals surface area contributed by atoms with Crippen molar-refractivity contribution in [2.75, 3.05) is 0 Å². The van der Waals surface area contributed by atoms with Crippen LogP contribution in [-0.4, -0.2) is 5.11 Å². The molecule has 0 spiro atoms. The molecule has 0 saturated carbocycles. The van der Waals surface area contributed by atoms with Gasteiger partial charge in [0.1, 0.15) is 5.60 Å². The largest absolute Gasteiger partial charge is 0.376 e. The van der Waals surface area contributed by atoms with Gasteiger partial charge in [0, 0.05) is 26.5 Å². The number of aliphatic hydroxyl groups is 1. The fraction of sp³-hybridized carbons (Fsp3) is 0.172. The van der Waals surface area contributed by atoms with Crippen molar-refractivity contribution in [1.82, 2.24) is 0 Å². The summed E-state index contributed by atoms with van der Waals surface area (Å²) in [5.41, 5.74) is 6.46. The highest BCUT2D eigenvalue weighted by Crippen LogP contribution is 2.54. The molecule has 1 aliphatic heterocycles. The third-order valence-electron chi connectivity index (χ3n) is 6.30. The van der Waals surface area contributed by atoms with Gasteiger partial charge in [0.15, 0.2) is 0 Å². The lowest BCUT2D eigenvalue weighted by molar-refractivity contribution is 0.119. The summed E-state index contributed by atoms with van der Waals surface area (Å²) in [5.74, 6) is 0. The first-order valence-electron chi connectivity index (χ1n) is 11.0. The molecule has 154 valence electrons. The van der Waals surface area contributed by atoms with Gasteiger partial charge in [-0.05, 0) is 41.2 Å². The number of fused-ring (bicyclic) bond motifs is 2. The number of benzene rings is 4. The Morgan fingerprint density at radius 3 is 2.13 bits per heavy atom. The molecule has 1 unspecified atom stereocenters. The van der Waals surface area contributed by atoms with Crippen LogP contribution in [0.1, 0.15) is 41.7 Å². The number of rotatable bonds is 4. The maximum Gasteiger partial charge on any atom is 0.143 e. The van der Waals surface area contributed by atoms with Crippen LogP contribution in [0, 0.1) is 0 Å². The summed E-state index contributed by atoms with van der Waals surface area (Å²) in [4.78, 5) is 2.32. The zero-order valence-electron chi connectivity index (χ0n) is 17.9. The van der Waals surface area contributed by atoms with Crippen LogP contribution in [0.25, 0.3) is 11.1 Å². The van der Waals surface area contributed by atoms with E-state index in [1.54, 1.807) is 11.8 Å². The molecule has 1 nitrogen and oxygen atoms in total. The van der Waals surface area contributed by atoms with Gasteiger partial charge in [-0.3, -0.25) is 0 Å². The van der Waals surface area contributed by atoms with Gasteiger partial charge in [-0.2, -0.15) is 0 Å². The van der Waals surface area contributed by atoms with Gasteiger partial charge in [0.2, 0.25) is 0 Å². The first-order chi connectivity index (χ1) is 15.2. The van der Waals surface area contributed by atoms with E-state index in [9.17, 15) is 5.11 Å². The van der Waals surface area contributed by atoms with Crippen LogP contribution < -0.4 is 0 Å². The lowest BCUT2D eigenvalue weighted by Crippen LogP contribution is -2.33. The molecular formula is C29H26OS. The molecule has 1 heterocycles. The molecule has 0 fully saturated rings. The van der Waals surface area contributed by atoms with Crippen LogP contribution in [0.4, 0.5) is 0 Å². The van der Waals surface area contributed by atoms with Crippen molar-refractivity contribution in [2.45, 2.75) is 42.1 Å². The number of hydrogen-bond donors (Lipinski definition) is 1. The fourth-order valence-corrected chi connectivity index (χ4v) is 6.02. The Hall–Kier alpha value is -2.81. The highest BCUT2D eigenvalue weighted by Gasteiger charge is 2.43. The average Bonchev–Trinajstić information content (AvgIpc) is 2.84. The molecule has 1 aliphatic rings. The van der Waals surface area contributed by atoms with E-state index in [0.717, 1.165) is 45.6 Å². The molecule has 5 rings (SSSR count). The zero-order valence-corrected chi connectivity index (χ0v) is 18.7. The Bertz CT molecular complexity index is 1240. The van der Waals surface area contributed by atoms with Gasteiger partial charge in [-0.1, -0.05) is 111 Å². The van der Waals surface area contributed by atoms with Crippen LogP contribution in [0.3, 0.4) is 0 Å². The van der Waals surface area contributed by atoms with Crippen LogP contribution in [0.5, 0.6) is 0 Å². The SMILES string of the molecule is CCc1cc(CC)c2c(c1)C(O)(c1ccccc1-c1ccccc1)c1ccccc1S2. The number of hydrogen-bond acceptors (Lipinski definition) is 2. The fourth-order valence-electron chi connectivity index (χ4n) is 4.68. The van der Waals surface area contributed by atoms with Gasteiger partial charge in [0.25, 0.3) is 0 Å². The molecule has 0 amide bonds. The zero-order chi connectivity index (χ0) is 21.4. The van der Waals surface area contributed by atoms with Crippen molar-refractivity contribution in [3.05, 3.63) is 119 Å². The van der Waals surface area contributed by atoms with Crippen molar-refractivity contribution >= 4 is 11.8 Å². The predicted octanol–water partition coefficient (Wildman–Crippen LogP) is 7.23. The van der Waals surface area contributed by atoms with Crippen molar-refractivity contribution in [2.24, 2.45) is 0 Å². The van der Waals surface area contributed by atoms with E-state index in [1.165, 1.54) is 16.0 Å². The summed E-state index contributed by atoms with van der Waals surface area (Å²) >= 11 is 1.79. The van der Waals surface area contributed by atoms with Crippen molar-refractivity contribution in [3.8, 4) is 11.1 Å². The minimum atomic E-state index is -1.21. The lowest BCUT2D eigenvalue weighted by atomic mass is 9.76. The molecule has 2 heteroatoms. The normalized spacial score (nSPS) is 17.1. The van der Waals surface area contributed by atoms with E-state index < -0.39 is 5.60 Å². The van der Waals surface area contributed by atoms with Gasteiger partial charge < -0.3 is 5.11 Å². The second kappa shape index (κ2) is 8.03. The molecule has 4 aromatic carbocycles. The van der Waals surface area contributed by atoms with Crippen LogP contribution >= 0.6 is 11.8 Å². The van der Waals surface area contributed by atoms with Gasteiger partial charge in [-0.25, -0.2) is 0 Å². The van der Waals surface area contributed by atoms with Crippen molar-refractivity contribution < 1.29 is 5.11 Å².